The van der Waals surface area contributed by atoms with E-state index in [1.165, 1.54) is 41.1 Å². The number of hydrogen-bond donors (Lipinski definition) is 1. The number of hydrogen-bond acceptors (Lipinski definition) is 9. The zero-order valence-corrected chi connectivity index (χ0v) is 26.9. The molecule has 0 radical (unpaired) electrons. The van der Waals surface area contributed by atoms with Crippen LogP contribution in [0, 0.1) is 5.82 Å². The molecule has 1 amide bonds. The summed E-state index contributed by atoms with van der Waals surface area (Å²) < 4.78 is 58.2. The van der Waals surface area contributed by atoms with Crippen molar-refractivity contribution in [2.24, 2.45) is 4.99 Å². The molecule has 3 aliphatic heterocycles. The lowest BCUT2D eigenvalue weighted by molar-refractivity contribution is -0.126. The first-order valence-electron chi connectivity index (χ1n) is 15.9. The van der Waals surface area contributed by atoms with Crippen LogP contribution in [0.2, 0.25) is 0 Å². The third-order valence-corrected chi connectivity index (χ3v) is 8.91. The molecular weight excluding hydrogens is 629 g/mol. The Morgan fingerprint density at radius 2 is 2.06 bits per heavy atom. The van der Waals surface area contributed by atoms with Gasteiger partial charge in [0, 0.05) is 37.4 Å². The molecule has 1 fully saturated rings. The highest BCUT2D eigenvalue weighted by atomic mass is 19.1. The number of carbonyl (C=O) groups is 1. The fourth-order valence-electron chi connectivity index (χ4n) is 6.61. The van der Waals surface area contributed by atoms with Crippen molar-refractivity contribution in [1.82, 2.24) is 19.4 Å². The maximum absolute atomic E-state index is 16.4. The lowest BCUT2D eigenvalue weighted by Gasteiger charge is -2.40. The molecule has 3 aliphatic rings. The van der Waals surface area contributed by atoms with Crippen molar-refractivity contribution in [1.29, 1.82) is 0 Å². The highest BCUT2D eigenvalue weighted by molar-refractivity contribution is 5.87. The summed E-state index contributed by atoms with van der Waals surface area (Å²) in [5, 5.41) is 12.0. The van der Waals surface area contributed by atoms with Gasteiger partial charge in [-0.25, -0.2) is 22.5 Å². The minimum absolute atomic E-state index is 0.0138. The van der Waals surface area contributed by atoms with Gasteiger partial charge in [0.1, 0.15) is 60.6 Å². The summed E-state index contributed by atoms with van der Waals surface area (Å²) >= 11 is 0. The zero-order valence-electron chi connectivity index (χ0n) is 26.9. The Labute approximate surface area is 274 Å². The van der Waals surface area contributed by atoms with Gasteiger partial charge in [0.25, 0.3) is 0 Å². The molecule has 5 atom stereocenters. The van der Waals surface area contributed by atoms with Gasteiger partial charge >= 0.3 is 5.69 Å². The highest BCUT2D eigenvalue weighted by Gasteiger charge is 2.36. The van der Waals surface area contributed by atoms with E-state index in [1.807, 2.05) is 25.7 Å². The van der Waals surface area contributed by atoms with Gasteiger partial charge in [-0.05, 0) is 43.2 Å². The second-order valence-corrected chi connectivity index (χ2v) is 12.3. The highest BCUT2D eigenvalue weighted by Crippen LogP contribution is 2.37. The van der Waals surface area contributed by atoms with Gasteiger partial charge in [-0.15, -0.1) is 0 Å². The van der Waals surface area contributed by atoms with E-state index in [2.05, 4.69) is 16.5 Å². The quantitative estimate of drug-likeness (QED) is 0.399. The van der Waals surface area contributed by atoms with Gasteiger partial charge in [0.2, 0.25) is 5.91 Å². The van der Waals surface area contributed by atoms with Crippen LogP contribution in [-0.4, -0.2) is 88.3 Å². The van der Waals surface area contributed by atoms with Gasteiger partial charge in [-0.3, -0.25) is 14.8 Å². The predicted molar refractivity (Wildman–Crippen MR) is 171 cm³/mol. The molecule has 2 bridgehead atoms. The van der Waals surface area contributed by atoms with Crippen LogP contribution in [0.4, 0.5) is 19.0 Å². The van der Waals surface area contributed by atoms with Gasteiger partial charge in [0.05, 0.1) is 28.8 Å². The van der Waals surface area contributed by atoms with Crippen LogP contribution in [-0.2, 0) is 9.53 Å². The van der Waals surface area contributed by atoms with Crippen molar-refractivity contribution in [3.63, 3.8) is 0 Å². The van der Waals surface area contributed by atoms with Gasteiger partial charge < -0.3 is 24.4 Å². The third-order valence-electron chi connectivity index (χ3n) is 8.91. The van der Waals surface area contributed by atoms with Crippen molar-refractivity contribution in [2.75, 3.05) is 44.4 Å². The number of halogens is 3. The molecule has 254 valence electrons. The fraction of sp³-hybridized carbons (Fsp3) is 0.441. The maximum Gasteiger partial charge on any atom is 0.355 e. The SMILES string of the molecule is C=CC(=O)N1CCN(c2nc(=O)n3c4c2=CC(F)C(N=4)c2c(F)cccc2OCC(OCCF)C(O)c2ccnc(C(C)C)c2-3)[C@@H](C)C1. The predicted octanol–water partition coefficient (Wildman–Crippen LogP) is 2.39. The Hall–Kier alpha value is -4.56. The minimum atomic E-state index is -1.87. The number of aliphatic hydroxyl groups is 1. The standard InChI is InChI=1S/C34H37F3N6O5/c1-5-26(44)41-12-13-42(19(4)16-41)32-21-15-23(37)29-27-22(36)7-6-8-24(27)48-17-25(47-14-10-35)31(45)20-9-11-38-28(18(2)3)30(20)43(33(21)39-29)34(46)40-32/h5-9,11,15,18-19,23,25,29,31,45H,1,10,12-14,16-17H2,2-4H3/t19-,23?,25?,29?,31?/m0/s1. The number of fused-ring (bicyclic) bond motifs is 5. The molecule has 6 rings (SSSR count). The minimum Gasteiger partial charge on any atom is -0.490 e. The molecular formula is C34H37F3N6O5. The lowest BCUT2D eigenvalue weighted by Crippen LogP contribution is -2.58. The van der Waals surface area contributed by atoms with Crippen molar-refractivity contribution < 1.29 is 32.5 Å². The van der Waals surface area contributed by atoms with E-state index >= 15 is 8.78 Å². The number of nitrogens with zero attached hydrogens (tertiary/aromatic N) is 6. The number of benzene rings is 1. The van der Waals surface area contributed by atoms with Crippen LogP contribution in [0.5, 0.6) is 5.75 Å². The van der Waals surface area contributed by atoms with E-state index < -0.39 is 42.6 Å². The Morgan fingerprint density at radius 1 is 1.27 bits per heavy atom. The maximum atomic E-state index is 16.4. The smallest absolute Gasteiger partial charge is 0.355 e. The summed E-state index contributed by atoms with van der Waals surface area (Å²) in [6.45, 7) is 8.45. The average Bonchev–Trinajstić information content (AvgIpc) is 3.07. The topological polar surface area (TPSA) is 122 Å². The van der Waals surface area contributed by atoms with Crippen molar-refractivity contribution >= 4 is 17.8 Å². The molecule has 4 unspecified atom stereocenters. The van der Waals surface area contributed by atoms with Gasteiger partial charge in [-0.1, -0.05) is 26.5 Å². The van der Waals surface area contributed by atoms with Gasteiger partial charge in [-0.2, -0.15) is 4.98 Å². The van der Waals surface area contributed by atoms with Crippen LogP contribution in [0.1, 0.15) is 55.7 Å². The number of amides is 1. The molecule has 14 heteroatoms. The Bertz CT molecular complexity index is 1920. The van der Waals surface area contributed by atoms with E-state index in [1.54, 1.807) is 4.90 Å². The van der Waals surface area contributed by atoms with E-state index in [-0.39, 0.29) is 76.7 Å². The number of piperazine rings is 1. The number of anilines is 1. The monoisotopic (exact) mass is 666 g/mol. The summed E-state index contributed by atoms with van der Waals surface area (Å²) in [5.74, 6) is -1.18. The van der Waals surface area contributed by atoms with Crippen LogP contribution < -0.4 is 26.0 Å². The zero-order chi connectivity index (χ0) is 34.3. The number of aliphatic hydroxyl groups excluding tert-OH is 1. The normalized spacial score (nSPS) is 23.5. The van der Waals surface area contributed by atoms with Crippen LogP contribution >= 0.6 is 0 Å². The first-order valence-corrected chi connectivity index (χ1v) is 15.9. The van der Waals surface area contributed by atoms with E-state index in [0.717, 1.165) is 6.07 Å². The molecule has 5 heterocycles. The summed E-state index contributed by atoms with van der Waals surface area (Å²) in [6, 6.07) is 3.73. The largest absolute Gasteiger partial charge is 0.490 e. The van der Waals surface area contributed by atoms with Gasteiger partial charge in [0.15, 0.2) is 0 Å². The second kappa shape index (κ2) is 13.5. The van der Waals surface area contributed by atoms with Crippen LogP contribution in [0.15, 0.2) is 52.9 Å². The van der Waals surface area contributed by atoms with Crippen LogP contribution in [0.25, 0.3) is 11.8 Å². The first kappa shape index (κ1) is 33.3. The number of carbonyl (C=O) groups excluding carboxylic acids is 1. The summed E-state index contributed by atoms with van der Waals surface area (Å²) in [5.41, 5.74) is -0.229. The van der Waals surface area contributed by atoms with Crippen molar-refractivity contribution in [2.45, 2.75) is 57.2 Å². The number of rotatable bonds is 6. The molecule has 0 saturated carbocycles. The fourth-order valence-corrected chi connectivity index (χ4v) is 6.61. The molecule has 3 aromatic rings. The summed E-state index contributed by atoms with van der Waals surface area (Å²) in [6.07, 6.45) is -0.527. The first-order chi connectivity index (χ1) is 23.0. The molecule has 1 N–H and O–H groups in total. The van der Waals surface area contributed by atoms with E-state index in [4.69, 9.17) is 14.5 Å². The summed E-state index contributed by atoms with van der Waals surface area (Å²) in [7, 11) is 0. The molecule has 0 spiro atoms. The van der Waals surface area contributed by atoms with Crippen LogP contribution in [0.3, 0.4) is 0 Å². The Morgan fingerprint density at radius 3 is 2.77 bits per heavy atom. The summed E-state index contributed by atoms with van der Waals surface area (Å²) in [4.78, 5) is 43.9. The molecule has 11 nitrogen and oxygen atoms in total. The molecule has 0 aliphatic carbocycles. The molecule has 48 heavy (non-hydrogen) atoms. The molecule has 2 aromatic heterocycles. The van der Waals surface area contributed by atoms with Crippen molar-refractivity contribution in [3.05, 3.63) is 86.9 Å². The van der Waals surface area contributed by atoms with E-state index in [9.17, 15) is 19.1 Å². The average molecular weight is 667 g/mol. The lowest BCUT2D eigenvalue weighted by atomic mass is 9.96. The number of pyridine rings is 1. The second-order valence-electron chi connectivity index (χ2n) is 12.3. The van der Waals surface area contributed by atoms with E-state index in [0.29, 0.717) is 18.8 Å². The number of ether oxygens (including phenoxy) is 2. The number of alkyl halides is 2. The molecule has 1 aromatic carbocycles. The third kappa shape index (κ3) is 5.87. The Balaban J connectivity index is 1.68. The van der Waals surface area contributed by atoms with Crippen molar-refractivity contribution in [3.8, 4) is 11.4 Å². The number of aromatic nitrogens is 3. The molecule has 1 saturated heterocycles. The Kier molecular flexibility index (Phi) is 9.39.